The molecule has 0 aliphatic carbocycles. The third-order valence-corrected chi connectivity index (χ3v) is 4.17. The number of hydrogen-bond acceptors (Lipinski definition) is 2. The van der Waals surface area contributed by atoms with Crippen molar-refractivity contribution in [2.45, 2.75) is 18.9 Å². The van der Waals surface area contributed by atoms with Crippen LogP contribution in [0.2, 0.25) is 0 Å². The first-order valence-electron chi connectivity index (χ1n) is 6.73. The van der Waals surface area contributed by atoms with Crippen molar-refractivity contribution < 1.29 is 4.39 Å². The summed E-state index contributed by atoms with van der Waals surface area (Å²) in [5.41, 5.74) is 1.18. The Morgan fingerprint density at radius 3 is 2.57 bits per heavy atom. The summed E-state index contributed by atoms with van der Waals surface area (Å²) >= 11 is 3.28. The van der Waals surface area contributed by atoms with E-state index in [2.05, 4.69) is 32.7 Å². The van der Waals surface area contributed by atoms with Crippen LogP contribution >= 0.6 is 40.7 Å². The standard InChI is InChI=1S/C15H20BrFN2.2ClH/c1-2-3-4-15(19-9-7-18-8-10-19)12-5-6-14(17)13(16)11-12;;/h2,5-6,11,15,18H,1,3-4,7-10H2;2*1H/t15-;;/m1../s1. The summed E-state index contributed by atoms with van der Waals surface area (Å²) in [4.78, 5) is 2.47. The highest BCUT2D eigenvalue weighted by Gasteiger charge is 2.22. The van der Waals surface area contributed by atoms with E-state index in [9.17, 15) is 4.39 Å². The van der Waals surface area contributed by atoms with E-state index in [1.165, 1.54) is 5.56 Å². The molecule has 2 rings (SSSR count). The highest BCUT2D eigenvalue weighted by molar-refractivity contribution is 9.10. The molecule has 1 aliphatic heterocycles. The first-order valence-corrected chi connectivity index (χ1v) is 7.52. The lowest BCUT2D eigenvalue weighted by Crippen LogP contribution is -2.45. The van der Waals surface area contributed by atoms with Crippen molar-refractivity contribution in [3.63, 3.8) is 0 Å². The third-order valence-electron chi connectivity index (χ3n) is 3.57. The number of nitrogens with zero attached hydrogens (tertiary/aromatic N) is 1. The fraction of sp³-hybridized carbons (Fsp3) is 0.467. The predicted octanol–water partition coefficient (Wildman–Crippen LogP) is 4.34. The van der Waals surface area contributed by atoms with Gasteiger partial charge in [-0.1, -0.05) is 12.1 Å². The van der Waals surface area contributed by atoms with Crippen LogP contribution < -0.4 is 5.32 Å². The van der Waals surface area contributed by atoms with Gasteiger partial charge in [-0.25, -0.2) is 4.39 Å². The van der Waals surface area contributed by atoms with Gasteiger partial charge in [0.05, 0.1) is 4.47 Å². The smallest absolute Gasteiger partial charge is 0.137 e. The van der Waals surface area contributed by atoms with Crippen LogP contribution in [-0.4, -0.2) is 31.1 Å². The van der Waals surface area contributed by atoms with E-state index in [4.69, 9.17) is 0 Å². The van der Waals surface area contributed by atoms with Crippen LogP contribution in [0.4, 0.5) is 4.39 Å². The van der Waals surface area contributed by atoms with E-state index in [-0.39, 0.29) is 30.6 Å². The van der Waals surface area contributed by atoms with E-state index < -0.39 is 0 Å². The maximum Gasteiger partial charge on any atom is 0.137 e. The molecule has 0 spiro atoms. The Kier molecular flexibility index (Phi) is 10.5. The maximum atomic E-state index is 13.4. The summed E-state index contributed by atoms with van der Waals surface area (Å²) in [5.74, 6) is -0.202. The molecule has 1 aromatic carbocycles. The summed E-state index contributed by atoms with van der Waals surface area (Å²) in [7, 11) is 0. The van der Waals surface area contributed by atoms with E-state index in [0.717, 1.165) is 39.0 Å². The molecule has 1 N–H and O–H groups in total. The predicted molar refractivity (Wildman–Crippen MR) is 95.2 cm³/mol. The minimum Gasteiger partial charge on any atom is -0.314 e. The second-order valence-electron chi connectivity index (χ2n) is 4.84. The lowest BCUT2D eigenvalue weighted by atomic mass is 9.99. The second-order valence-corrected chi connectivity index (χ2v) is 5.70. The van der Waals surface area contributed by atoms with Crippen molar-refractivity contribution in [1.82, 2.24) is 10.2 Å². The molecule has 0 saturated carbocycles. The molecule has 0 aromatic heterocycles. The molecule has 0 amide bonds. The quantitative estimate of drug-likeness (QED) is 0.740. The molecule has 1 atom stereocenters. The van der Waals surface area contributed by atoms with Gasteiger partial charge >= 0.3 is 0 Å². The molecule has 1 aliphatic rings. The molecular formula is C15H22BrCl2FN2. The molecule has 0 radical (unpaired) electrons. The number of benzene rings is 1. The summed E-state index contributed by atoms with van der Waals surface area (Å²) in [6.45, 7) is 7.92. The summed E-state index contributed by atoms with van der Waals surface area (Å²) in [6, 6.07) is 5.70. The van der Waals surface area contributed by atoms with Crippen LogP contribution in [0, 0.1) is 5.82 Å². The molecule has 0 bridgehead atoms. The molecule has 1 fully saturated rings. The maximum absolute atomic E-state index is 13.4. The number of piperazine rings is 1. The average molecular weight is 400 g/mol. The van der Waals surface area contributed by atoms with Gasteiger partial charge in [0.25, 0.3) is 0 Å². The number of nitrogens with one attached hydrogen (secondary N) is 1. The van der Waals surface area contributed by atoms with Gasteiger partial charge in [0.15, 0.2) is 0 Å². The highest BCUT2D eigenvalue weighted by Crippen LogP contribution is 2.29. The van der Waals surface area contributed by atoms with Crippen LogP contribution in [0.5, 0.6) is 0 Å². The van der Waals surface area contributed by atoms with Crippen molar-refractivity contribution in [3.05, 3.63) is 46.7 Å². The Hall–Kier alpha value is -0.130. The van der Waals surface area contributed by atoms with Crippen LogP contribution in [-0.2, 0) is 0 Å². The molecule has 0 unspecified atom stereocenters. The van der Waals surface area contributed by atoms with Crippen LogP contribution in [0.25, 0.3) is 0 Å². The second kappa shape index (κ2) is 10.6. The zero-order chi connectivity index (χ0) is 13.7. The fourth-order valence-electron chi connectivity index (χ4n) is 2.55. The number of rotatable bonds is 5. The molecule has 1 aromatic rings. The Bertz CT molecular complexity index is 440. The summed E-state index contributed by atoms with van der Waals surface area (Å²) < 4.78 is 13.9. The van der Waals surface area contributed by atoms with Crippen LogP contribution in [0.15, 0.2) is 35.3 Å². The highest BCUT2D eigenvalue weighted by atomic mass is 79.9. The molecule has 1 heterocycles. The van der Waals surface area contributed by atoms with E-state index in [0.29, 0.717) is 10.5 Å². The van der Waals surface area contributed by atoms with Gasteiger partial charge in [-0.3, -0.25) is 4.90 Å². The van der Waals surface area contributed by atoms with Gasteiger partial charge in [0.1, 0.15) is 5.82 Å². The Labute approximate surface area is 147 Å². The summed E-state index contributed by atoms with van der Waals surface area (Å²) in [6.07, 6.45) is 3.96. The zero-order valence-corrected chi connectivity index (χ0v) is 15.1. The Balaban J connectivity index is 0.00000200. The van der Waals surface area contributed by atoms with Crippen molar-refractivity contribution in [2.24, 2.45) is 0 Å². The Morgan fingerprint density at radius 1 is 1.33 bits per heavy atom. The third kappa shape index (κ3) is 5.87. The van der Waals surface area contributed by atoms with Gasteiger partial charge in [-0.15, -0.1) is 31.4 Å². The van der Waals surface area contributed by atoms with Gasteiger partial charge in [0.2, 0.25) is 0 Å². The largest absolute Gasteiger partial charge is 0.314 e. The van der Waals surface area contributed by atoms with Crippen molar-refractivity contribution in [2.75, 3.05) is 26.2 Å². The van der Waals surface area contributed by atoms with Gasteiger partial charge in [-0.05, 0) is 46.5 Å². The molecule has 120 valence electrons. The van der Waals surface area contributed by atoms with E-state index >= 15 is 0 Å². The monoisotopic (exact) mass is 398 g/mol. The molecule has 21 heavy (non-hydrogen) atoms. The van der Waals surface area contributed by atoms with E-state index in [1.54, 1.807) is 6.07 Å². The van der Waals surface area contributed by atoms with Gasteiger partial charge in [-0.2, -0.15) is 0 Å². The first kappa shape index (κ1) is 20.9. The van der Waals surface area contributed by atoms with Gasteiger partial charge < -0.3 is 5.32 Å². The van der Waals surface area contributed by atoms with E-state index in [1.807, 2.05) is 18.2 Å². The number of allylic oxidation sites excluding steroid dienone is 1. The Morgan fingerprint density at radius 2 is 2.00 bits per heavy atom. The number of hydrogen-bond donors (Lipinski definition) is 1. The molecule has 2 nitrogen and oxygen atoms in total. The lowest BCUT2D eigenvalue weighted by molar-refractivity contribution is 0.166. The van der Waals surface area contributed by atoms with Crippen LogP contribution in [0.1, 0.15) is 24.4 Å². The van der Waals surface area contributed by atoms with Crippen molar-refractivity contribution in [3.8, 4) is 0 Å². The summed E-state index contributed by atoms with van der Waals surface area (Å²) in [5, 5.41) is 3.37. The fourth-order valence-corrected chi connectivity index (χ4v) is 2.95. The zero-order valence-electron chi connectivity index (χ0n) is 11.9. The van der Waals surface area contributed by atoms with Crippen molar-refractivity contribution in [1.29, 1.82) is 0 Å². The minimum absolute atomic E-state index is 0. The SMILES string of the molecule is C=CCC[C@H](c1ccc(F)c(Br)c1)N1CCNCC1.Cl.Cl. The normalized spacial score (nSPS) is 16.5. The van der Waals surface area contributed by atoms with Crippen molar-refractivity contribution >= 4 is 40.7 Å². The first-order chi connectivity index (χ1) is 9.22. The molecule has 6 heteroatoms. The molecule has 1 saturated heterocycles. The minimum atomic E-state index is -0.202. The topological polar surface area (TPSA) is 15.3 Å². The lowest BCUT2D eigenvalue weighted by Gasteiger charge is -2.35. The van der Waals surface area contributed by atoms with Crippen LogP contribution in [0.3, 0.4) is 0 Å². The average Bonchev–Trinajstić information content (AvgIpc) is 2.44. The van der Waals surface area contributed by atoms with Gasteiger partial charge in [0, 0.05) is 32.2 Å². The number of halogens is 4. The molecular weight excluding hydrogens is 378 g/mol.